The van der Waals surface area contributed by atoms with Crippen LogP contribution in [0.5, 0.6) is 0 Å². The van der Waals surface area contributed by atoms with Gasteiger partial charge in [0.1, 0.15) is 10.7 Å². The number of benzene rings is 1. The van der Waals surface area contributed by atoms with E-state index in [-0.39, 0.29) is 17.7 Å². The van der Waals surface area contributed by atoms with Crippen LogP contribution in [0.3, 0.4) is 0 Å². The largest absolute Gasteiger partial charge is 0.397 e. The van der Waals surface area contributed by atoms with Crippen molar-refractivity contribution in [3.05, 3.63) is 28.9 Å². The topological polar surface area (TPSA) is 64.3 Å². The summed E-state index contributed by atoms with van der Waals surface area (Å²) in [4.78, 5) is 12.6. The number of nitrogen functional groups attached to an aromatic ring is 1. The van der Waals surface area contributed by atoms with Crippen LogP contribution in [-0.4, -0.2) is 25.2 Å². The number of fused-ring (bicyclic) bond motifs is 1. The minimum atomic E-state index is -0.391. The van der Waals surface area contributed by atoms with Gasteiger partial charge in [-0.1, -0.05) is 6.07 Å². The molecule has 1 aliphatic heterocycles. The number of halogens is 1. The predicted octanol–water partition coefficient (Wildman–Crippen LogP) is 2.78. The number of rotatable bonds is 3. The third-order valence-electron chi connectivity index (χ3n) is 3.97. The molecule has 0 radical (unpaired) electrons. The van der Waals surface area contributed by atoms with Crippen LogP contribution in [-0.2, 0) is 4.74 Å². The molecule has 1 amide bonds. The summed E-state index contributed by atoms with van der Waals surface area (Å²) in [5.41, 5.74) is 6.16. The summed E-state index contributed by atoms with van der Waals surface area (Å²) in [5, 5.41) is 3.22. The van der Waals surface area contributed by atoms with Crippen LogP contribution in [0.4, 0.5) is 10.1 Å². The standard InChI is InChI=1S/C15H17FN2O2S/c1-8-9(5-6-20-8)7-18-15(19)14-13(17)12-10(16)3-2-4-11(12)21-14/h2-4,8-9H,5-7,17H2,1H3,(H,18,19). The fourth-order valence-corrected chi connectivity index (χ4v) is 3.70. The minimum absolute atomic E-state index is 0.155. The molecular formula is C15H17FN2O2S. The van der Waals surface area contributed by atoms with E-state index in [1.807, 2.05) is 6.92 Å². The Morgan fingerprint density at radius 2 is 2.38 bits per heavy atom. The van der Waals surface area contributed by atoms with E-state index in [1.54, 1.807) is 12.1 Å². The molecule has 1 saturated heterocycles. The van der Waals surface area contributed by atoms with E-state index in [4.69, 9.17) is 10.5 Å². The lowest BCUT2D eigenvalue weighted by atomic mass is 10.0. The molecule has 2 aromatic rings. The normalized spacial score (nSPS) is 21.8. The van der Waals surface area contributed by atoms with Crippen molar-refractivity contribution in [3.63, 3.8) is 0 Å². The van der Waals surface area contributed by atoms with E-state index in [0.29, 0.717) is 27.4 Å². The monoisotopic (exact) mass is 308 g/mol. The fraction of sp³-hybridized carbons (Fsp3) is 0.400. The first-order chi connectivity index (χ1) is 10.1. The highest BCUT2D eigenvalue weighted by molar-refractivity contribution is 7.21. The molecule has 6 heteroatoms. The van der Waals surface area contributed by atoms with Crippen molar-refractivity contribution >= 4 is 33.0 Å². The van der Waals surface area contributed by atoms with Crippen molar-refractivity contribution < 1.29 is 13.9 Å². The average Bonchev–Trinajstić information content (AvgIpc) is 3.01. The number of nitrogens with one attached hydrogen (secondary N) is 1. The lowest BCUT2D eigenvalue weighted by Gasteiger charge is -2.14. The van der Waals surface area contributed by atoms with Crippen LogP contribution in [0.1, 0.15) is 23.0 Å². The summed E-state index contributed by atoms with van der Waals surface area (Å²) in [5.74, 6) is -0.313. The van der Waals surface area contributed by atoms with Gasteiger partial charge in [0.15, 0.2) is 0 Å². The van der Waals surface area contributed by atoms with Crippen LogP contribution >= 0.6 is 11.3 Å². The van der Waals surface area contributed by atoms with Gasteiger partial charge in [-0.2, -0.15) is 0 Å². The van der Waals surface area contributed by atoms with Gasteiger partial charge in [-0.25, -0.2) is 4.39 Å². The summed E-state index contributed by atoms with van der Waals surface area (Å²) < 4.78 is 19.9. The molecule has 0 bridgehead atoms. The predicted molar refractivity (Wildman–Crippen MR) is 82.0 cm³/mol. The van der Waals surface area contributed by atoms with Crippen LogP contribution in [0, 0.1) is 11.7 Å². The fourth-order valence-electron chi connectivity index (χ4n) is 2.65. The summed E-state index contributed by atoms with van der Waals surface area (Å²) in [6.45, 7) is 3.29. The van der Waals surface area contributed by atoms with E-state index in [0.717, 1.165) is 13.0 Å². The molecule has 1 aromatic carbocycles. The summed E-state index contributed by atoms with van der Waals surface area (Å²) >= 11 is 1.22. The number of carbonyl (C=O) groups is 1. The first-order valence-corrected chi connectivity index (χ1v) is 7.76. The van der Waals surface area contributed by atoms with Crippen molar-refractivity contribution in [2.24, 2.45) is 5.92 Å². The van der Waals surface area contributed by atoms with Crippen LogP contribution in [0.25, 0.3) is 10.1 Å². The van der Waals surface area contributed by atoms with Gasteiger partial charge in [-0.3, -0.25) is 4.79 Å². The molecule has 0 saturated carbocycles. The van der Waals surface area contributed by atoms with Crippen LogP contribution in [0.2, 0.25) is 0 Å². The second-order valence-corrected chi connectivity index (χ2v) is 6.34. The van der Waals surface area contributed by atoms with Gasteiger partial charge in [-0.15, -0.1) is 11.3 Å². The molecule has 21 heavy (non-hydrogen) atoms. The van der Waals surface area contributed by atoms with E-state index in [1.165, 1.54) is 17.4 Å². The van der Waals surface area contributed by atoms with Crippen molar-refractivity contribution in [1.29, 1.82) is 0 Å². The molecule has 0 aliphatic carbocycles. The Morgan fingerprint density at radius 3 is 3.05 bits per heavy atom. The third-order valence-corrected chi connectivity index (χ3v) is 5.14. The Balaban J connectivity index is 1.78. The number of nitrogens with two attached hydrogens (primary N) is 1. The van der Waals surface area contributed by atoms with Crippen molar-refractivity contribution in [2.75, 3.05) is 18.9 Å². The quantitative estimate of drug-likeness (QED) is 0.916. The molecule has 1 fully saturated rings. The smallest absolute Gasteiger partial charge is 0.263 e. The second kappa shape index (κ2) is 5.61. The number of amides is 1. The van der Waals surface area contributed by atoms with E-state index in [2.05, 4.69) is 5.32 Å². The zero-order valence-corrected chi connectivity index (χ0v) is 12.5. The Hall–Kier alpha value is -1.66. The van der Waals surface area contributed by atoms with Crippen LogP contribution in [0.15, 0.2) is 18.2 Å². The molecule has 1 aliphatic rings. The van der Waals surface area contributed by atoms with Crippen LogP contribution < -0.4 is 11.1 Å². The molecular weight excluding hydrogens is 291 g/mol. The van der Waals surface area contributed by atoms with Gasteiger partial charge in [0, 0.05) is 23.8 Å². The number of carbonyl (C=O) groups excluding carboxylic acids is 1. The summed E-state index contributed by atoms with van der Waals surface area (Å²) in [6, 6.07) is 4.74. The van der Waals surface area contributed by atoms with E-state index in [9.17, 15) is 9.18 Å². The highest BCUT2D eigenvalue weighted by Gasteiger charge is 2.25. The maximum absolute atomic E-state index is 13.8. The maximum Gasteiger partial charge on any atom is 0.263 e. The molecule has 3 N–H and O–H groups in total. The molecule has 0 spiro atoms. The van der Waals surface area contributed by atoms with Crippen molar-refractivity contribution in [2.45, 2.75) is 19.4 Å². The molecule has 112 valence electrons. The Labute approximate surface area is 126 Å². The summed E-state index contributed by atoms with van der Waals surface area (Å²) in [6.07, 6.45) is 1.10. The molecule has 4 nitrogen and oxygen atoms in total. The van der Waals surface area contributed by atoms with Gasteiger partial charge in [0.25, 0.3) is 5.91 Å². The lowest BCUT2D eigenvalue weighted by Crippen LogP contribution is -2.31. The Bertz CT molecular complexity index is 686. The van der Waals surface area contributed by atoms with Gasteiger partial charge >= 0.3 is 0 Å². The molecule has 3 rings (SSSR count). The van der Waals surface area contributed by atoms with Gasteiger partial charge < -0.3 is 15.8 Å². The van der Waals surface area contributed by atoms with Crippen molar-refractivity contribution in [3.8, 4) is 0 Å². The van der Waals surface area contributed by atoms with E-state index >= 15 is 0 Å². The highest BCUT2D eigenvalue weighted by Crippen LogP contribution is 2.35. The first-order valence-electron chi connectivity index (χ1n) is 6.94. The molecule has 1 aromatic heterocycles. The Morgan fingerprint density at radius 1 is 1.57 bits per heavy atom. The molecule has 2 atom stereocenters. The number of ether oxygens (including phenoxy) is 1. The lowest BCUT2D eigenvalue weighted by molar-refractivity contribution is 0.0911. The zero-order chi connectivity index (χ0) is 15.0. The maximum atomic E-state index is 13.8. The highest BCUT2D eigenvalue weighted by atomic mass is 32.1. The Kier molecular flexibility index (Phi) is 3.82. The first kappa shape index (κ1) is 14.3. The number of anilines is 1. The average molecular weight is 308 g/mol. The number of thiophene rings is 1. The number of hydrogen-bond acceptors (Lipinski definition) is 4. The SMILES string of the molecule is CC1OCCC1CNC(=O)c1sc2cccc(F)c2c1N. The third kappa shape index (κ3) is 2.61. The van der Waals surface area contributed by atoms with Crippen molar-refractivity contribution in [1.82, 2.24) is 5.32 Å². The minimum Gasteiger partial charge on any atom is -0.397 e. The van der Waals surface area contributed by atoms with Gasteiger partial charge in [0.05, 0.1) is 17.2 Å². The zero-order valence-electron chi connectivity index (χ0n) is 11.7. The van der Waals surface area contributed by atoms with Gasteiger partial charge in [0.2, 0.25) is 0 Å². The van der Waals surface area contributed by atoms with E-state index < -0.39 is 5.82 Å². The number of hydrogen-bond donors (Lipinski definition) is 2. The molecule has 2 unspecified atom stereocenters. The summed E-state index contributed by atoms with van der Waals surface area (Å²) in [7, 11) is 0. The van der Waals surface area contributed by atoms with Gasteiger partial charge in [-0.05, 0) is 25.5 Å². The second-order valence-electron chi connectivity index (χ2n) is 5.29. The molecule has 2 heterocycles.